The second-order valence-corrected chi connectivity index (χ2v) is 4.65. The lowest BCUT2D eigenvalue weighted by molar-refractivity contribution is -0.147. The van der Waals surface area contributed by atoms with Gasteiger partial charge in [-0.25, -0.2) is 0 Å². The molecule has 0 spiro atoms. The Morgan fingerprint density at radius 3 is 2.72 bits per heavy atom. The minimum Gasteiger partial charge on any atom is -0.497 e. The van der Waals surface area contributed by atoms with E-state index in [9.17, 15) is 9.90 Å². The van der Waals surface area contributed by atoms with Crippen LogP contribution in [0.1, 0.15) is 24.8 Å². The summed E-state index contributed by atoms with van der Waals surface area (Å²) in [5, 5.41) is 9.49. The minimum atomic E-state index is -0.841. The molecule has 1 aromatic rings. The number of carbonyl (C=O) groups is 1. The van der Waals surface area contributed by atoms with Crippen LogP contribution in [0, 0.1) is 0 Å². The normalized spacial score (nSPS) is 19.2. The predicted octanol–water partition coefficient (Wildman–Crippen LogP) is 1.93. The molecule has 1 aromatic carbocycles. The van der Waals surface area contributed by atoms with Gasteiger partial charge in [-0.05, 0) is 18.9 Å². The van der Waals surface area contributed by atoms with Crippen LogP contribution in [-0.2, 0) is 10.2 Å². The van der Waals surface area contributed by atoms with E-state index >= 15 is 0 Å². The Bertz CT molecular complexity index is 504. The molecule has 2 aliphatic rings. The summed E-state index contributed by atoms with van der Waals surface area (Å²) in [7, 11) is 1.55. The summed E-state index contributed by atoms with van der Waals surface area (Å²) in [6.45, 7) is 0.130. The number of ether oxygens (including phenoxy) is 3. The first-order chi connectivity index (χ1) is 8.67. The highest BCUT2D eigenvalue weighted by molar-refractivity contribution is 5.84. The minimum absolute atomic E-state index is 0.130. The molecule has 0 saturated heterocycles. The van der Waals surface area contributed by atoms with Crippen molar-refractivity contribution in [2.45, 2.75) is 24.7 Å². The lowest BCUT2D eigenvalue weighted by Gasteiger charge is -2.38. The summed E-state index contributed by atoms with van der Waals surface area (Å²) in [5.41, 5.74) is -0.167. The first kappa shape index (κ1) is 11.2. The first-order valence-electron chi connectivity index (χ1n) is 5.89. The van der Waals surface area contributed by atoms with Crippen molar-refractivity contribution in [3.05, 3.63) is 17.7 Å². The lowest BCUT2D eigenvalue weighted by Crippen LogP contribution is -2.42. The number of hydrogen-bond acceptors (Lipinski definition) is 4. The summed E-state index contributed by atoms with van der Waals surface area (Å²) in [6, 6.07) is 3.47. The van der Waals surface area contributed by atoms with Crippen molar-refractivity contribution in [1.29, 1.82) is 0 Å². The van der Waals surface area contributed by atoms with Gasteiger partial charge < -0.3 is 19.3 Å². The molecule has 0 aromatic heterocycles. The van der Waals surface area contributed by atoms with Gasteiger partial charge in [-0.3, -0.25) is 4.79 Å². The number of benzene rings is 1. The van der Waals surface area contributed by atoms with Gasteiger partial charge in [-0.1, -0.05) is 6.42 Å². The van der Waals surface area contributed by atoms with Crippen molar-refractivity contribution in [1.82, 2.24) is 0 Å². The average molecular weight is 250 g/mol. The molecule has 0 unspecified atom stereocenters. The Kier molecular flexibility index (Phi) is 2.36. The van der Waals surface area contributed by atoms with Gasteiger partial charge in [0.05, 0.1) is 12.5 Å². The molecule has 0 radical (unpaired) electrons. The van der Waals surface area contributed by atoms with Crippen molar-refractivity contribution in [3.8, 4) is 17.2 Å². The van der Waals surface area contributed by atoms with Crippen LogP contribution < -0.4 is 14.2 Å². The summed E-state index contributed by atoms with van der Waals surface area (Å²) in [4.78, 5) is 11.6. The molecular weight excluding hydrogens is 236 g/mol. The van der Waals surface area contributed by atoms with Crippen LogP contribution in [0.3, 0.4) is 0 Å². The highest BCUT2D eigenvalue weighted by Crippen LogP contribution is 2.52. The van der Waals surface area contributed by atoms with Crippen molar-refractivity contribution >= 4 is 5.97 Å². The molecule has 96 valence electrons. The molecule has 18 heavy (non-hydrogen) atoms. The molecule has 0 bridgehead atoms. The number of fused-ring (bicyclic) bond motifs is 1. The van der Waals surface area contributed by atoms with E-state index < -0.39 is 11.4 Å². The molecule has 1 heterocycles. The van der Waals surface area contributed by atoms with E-state index in [1.54, 1.807) is 19.2 Å². The predicted molar refractivity (Wildman–Crippen MR) is 62.3 cm³/mol. The molecule has 1 fully saturated rings. The molecule has 1 aliphatic heterocycles. The van der Waals surface area contributed by atoms with E-state index in [0.717, 1.165) is 6.42 Å². The third-order valence-electron chi connectivity index (χ3n) is 3.81. The number of rotatable bonds is 3. The quantitative estimate of drug-likeness (QED) is 0.888. The van der Waals surface area contributed by atoms with Gasteiger partial charge in [0.1, 0.15) is 5.75 Å². The van der Waals surface area contributed by atoms with Crippen LogP contribution in [-0.4, -0.2) is 25.0 Å². The number of hydrogen-bond donors (Lipinski definition) is 1. The Morgan fingerprint density at radius 2 is 2.17 bits per heavy atom. The summed E-state index contributed by atoms with van der Waals surface area (Å²) < 4.78 is 15.9. The van der Waals surface area contributed by atoms with Crippen LogP contribution in [0.25, 0.3) is 0 Å². The number of methoxy groups -OCH3 is 1. The topological polar surface area (TPSA) is 65.0 Å². The van der Waals surface area contributed by atoms with Gasteiger partial charge in [-0.15, -0.1) is 0 Å². The summed E-state index contributed by atoms with van der Waals surface area (Å²) in [5.74, 6) is 0.913. The van der Waals surface area contributed by atoms with E-state index in [-0.39, 0.29) is 6.79 Å². The van der Waals surface area contributed by atoms with E-state index in [1.807, 2.05) is 0 Å². The van der Waals surface area contributed by atoms with Crippen LogP contribution in [0.2, 0.25) is 0 Å². The van der Waals surface area contributed by atoms with Gasteiger partial charge in [0, 0.05) is 11.6 Å². The molecule has 1 N–H and O–H groups in total. The molecule has 5 nitrogen and oxygen atoms in total. The van der Waals surface area contributed by atoms with Crippen molar-refractivity contribution < 1.29 is 24.1 Å². The third-order valence-corrected chi connectivity index (χ3v) is 3.81. The summed E-state index contributed by atoms with van der Waals surface area (Å²) >= 11 is 0. The van der Waals surface area contributed by atoms with E-state index in [0.29, 0.717) is 35.7 Å². The van der Waals surface area contributed by atoms with Gasteiger partial charge in [0.25, 0.3) is 0 Å². The summed E-state index contributed by atoms with van der Waals surface area (Å²) in [6.07, 6.45) is 2.18. The van der Waals surface area contributed by atoms with Gasteiger partial charge in [0.15, 0.2) is 11.5 Å². The SMILES string of the molecule is COc1cc2c(c(C3(C(=O)O)CCC3)c1)OCO2. The van der Waals surface area contributed by atoms with Crippen molar-refractivity contribution in [2.24, 2.45) is 0 Å². The third kappa shape index (κ3) is 1.36. The van der Waals surface area contributed by atoms with E-state index in [1.165, 1.54) is 0 Å². The second kappa shape index (κ2) is 3.80. The van der Waals surface area contributed by atoms with Crippen LogP contribution in [0.15, 0.2) is 12.1 Å². The zero-order valence-electron chi connectivity index (χ0n) is 10.1. The maximum absolute atomic E-state index is 11.6. The monoisotopic (exact) mass is 250 g/mol. The fourth-order valence-electron chi connectivity index (χ4n) is 2.59. The zero-order chi connectivity index (χ0) is 12.8. The Hall–Kier alpha value is -1.91. The number of carboxylic acids is 1. The van der Waals surface area contributed by atoms with Gasteiger partial charge in [0.2, 0.25) is 6.79 Å². The molecular formula is C13H14O5. The zero-order valence-corrected chi connectivity index (χ0v) is 10.1. The fraction of sp³-hybridized carbons (Fsp3) is 0.462. The highest BCUT2D eigenvalue weighted by Gasteiger charge is 2.49. The van der Waals surface area contributed by atoms with E-state index in [2.05, 4.69) is 0 Å². The Labute approximate surface area is 104 Å². The second-order valence-electron chi connectivity index (χ2n) is 4.65. The highest BCUT2D eigenvalue weighted by atomic mass is 16.7. The van der Waals surface area contributed by atoms with E-state index in [4.69, 9.17) is 14.2 Å². The molecule has 5 heteroatoms. The maximum atomic E-state index is 11.6. The van der Waals surface area contributed by atoms with Crippen LogP contribution in [0.5, 0.6) is 17.2 Å². The number of aliphatic carboxylic acids is 1. The van der Waals surface area contributed by atoms with Gasteiger partial charge >= 0.3 is 5.97 Å². The molecule has 1 saturated carbocycles. The molecule has 1 aliphatic carbocycles. The van der Waals surface area contributed by atoms with Crippen LogP contribution >= 0.6 is 0 Å². The lowest BCUT2D eigenvalue weighted by atomic mass is 9.64. The van der Waals surface area contributed by atoms with Crippen LogP contribution in [0.4, 0.5) is 0 Å². The molecule has 3 rings (SSSR count). The van der Waals surface area contributed by atoms with Gasteiger partial charge in [-0.2, -0.15) is 0 Å². The standard InChI is InChI=1S/C13H14O5/c1-16-8-5-9(11-10(6-8)17-7-18-11)13(12(14)15)3-2-4-13/h5-6H,2-4,7H2,1H3,(H,14,15). The molecule has 0 atom stereocenters. The Morgan fingerprint density at radius 1 is 1.39 bits per heavy atom. The Balaban J connectivity index is 2.16. The number of carboxylic acid groups (broad SMARTS) is 1. The molecule has 0 amide bonds. The van der Waals surface area contributed by atoms with Crippen molar-refractivity contribution in [2.75, 3.05) is 13.9 Å². The maximum Gasteiger partial charge on any atom is 0.314 e. The first-order valence-corrected chi connectivity index (χ1v) is 5.89. The van der Waals surface area contributed by atoms with Crippen molar-refractivity contribution in [3.63, 3.8) is 0 Å². The fourth-order valence-corrected chi connectivity index (χ4v) is 2.59. The smallest absolute Gasteiger partial charge is 0.314 e. The largest absolute Gasteiger partial charge is 0.497 e. The average Bonchev–Trinajstić information content (AvgIpc) is 2.74.